The molecule has 25 heavy (non-hydrogen) atoms. The molecule has 1 aliphatic carbocycles. The van der Waals surface area contributed by atoms with Crippen LogP contribution in [0.1, 0.15) is 61.5 Å². The largest absolute Gasteiger partial charge is 0.477 e. The maximum atomic E-state index is 12.6. The lowest BCUT2D eigenvalue weighted by Crippen LogP contribution is -2.34. The van der Waals surface area contributed by atoms with Crippen molar-refractivity contribution in [2.75, 3.05) is 6.61 Å². The number of ether oxygens (including phenoxy) is 1. The Hall–Kier alpha value is -2.44. The summed E-state index contributed by atoms with van der Waals surface area (Å²) in [5.41, 5.74) is 1.34. The van der Waals surface area contributed by atoms with Crippen LogP contribution in [-0.2, 0) is 0 Å². The summed E-state index contributed by atoms with van der Waals surface area (Å²) < 4.78 is 6.93. The van der Waals surface area contributed by atoms with Crippen LogP contribution in [-0.4, -0.2) is 38.5 Å². The van der Waals surface area contributed by atoms with E-state index in [0.717, 1.165) is 18.5 Å². The van der Waals surface area contributed by atoms with Gasteiger partial charge in [-0.15, -0.1) is 10.2 Å². The standard InChI is InChI=1S/C18H25N5O2/c1-3-25-17-11-10-16(21-22-17)23-13(2)15(12-19-23)18(24)20-14-8-6-4-5-7-9-14/h10-12,14H,3-9H2,1-2H3,(H,20,24). The average Bonchev–Trinajstić information content (AvgIpc) is 2.82. The number of nitrogens with one attached hydrogen (secondary N) is 1. The number of carbonyl (C=O) groups excluding carboxylic acids is 1. The van der Waals surface area contributed by atoms with E-state index in [1.165, 1.54) is 25.7 Å². The maximum Gasteiger partial charge on any atom is 0.254 e. The molecule has 2 aromatic heterocycles. The molecule has 3 rings (SSSR count). The molecule has 2 heterocycles. The van der Waals surface area contributed by atoms with Crippen molar-refractivity contribution in [2.45, 2.75) is 58.4 Å². The van der Waals surface area contributed by atoms with Gasteiger partial charge < -0.3 is 10.1 Å². The van der Waals surface area contributed by atoms with E-state index in [9.17, 15) is 4.79 Å². The van der Waals surface area contributed by atoms with Crippen LogP contribution in [0, 0.1) is 6.92 Å². The van der Waals surface area contributed by atoms with Crippen molar-refractivity contribution in [1.29, 1.82) is 0 Å². The smallest absolute Gasteiger partial charge is 0.254 e. The summed E-state index contributed by atoms with van der Waals surface area (Å²) in [6, 6.07) is 3.80. The number of nitrogens with zero attached hydrogens (tertiary/aromatic N) is 4. The summed E-state index contributed by atoms with van der Waals surface area (Å²) >= 11 is 0. The van der Waals surface area contributed by atoms with Gasteiger partial charge in [-0.25, -0.2) is 4.68 Å². The van der Waals surface area contributed by atoms with Crippen LogP contribution in [0.3, 0.4) is 0 Å². The minimum Gasteiger partial charge on any atom is -0.477 e. The van der Waals surface area contributed by atoms with E-state index in [4.69, 9.17) is 4.74 Å². The van der Waals surface area contributed by atoms with Gasteiger partial charge in [0, 0.05) is 12.1 Å². The lowest BCUT2D eigenvalue weighted by atomic mass is 10.1. The van der Waals surface area contributed by atoms with E-state index in [-0.39, 0.29) is 11.9 Å². The van der Waals surface area contributed by atoms with Crippen molar-refractivity contribution in [3.8, 4) is 11.7 Å². The molecule has 0 atom stereocenters. The fourth-order valence-electron chi connectivity index (χ4n) is 3.20. The van der Waals surface area contributed by atoms with Gasteiger partial charge in [0.25, 0.3) is 5.91 Å². The van der Waals surface area contributed by atoms with Crippen molar-refractivity contribution in [3.05, 3.63) is 29.6 Å². The lowest BCUT2D eigenvalue weighted by Gasteiger charge is -2.16. The van der Waals surface area contributed by atoms with E-state index in [0.29, 0.717) is 23.9 Å². The molecular weight excluding hydrogens is 318 g/mol. The van der Waals surface area contributed by atoms with E-state index in [2.05, 4.69) is 20.6 Å². The third-order valence-electron chi connectivity index (χ3n) is 4.58. The molecule has 1 amide bonds. The van der Waals surface area contributed by atoms with E-state index in [1.54, 1.807) is 23.0 Å². The first-order valence-corrected chi connectivity index (χ1v) is 9.01. The molecule has 0 unspecified atom stereocenters. The Bertz CT molecular complexity index is 703. The number of aromatic nitrogens is 4. The molecule has 1 saturated carbocycles. The number of hydrogen-bond donors (Lipinski definition) is 1. The van der Waals surface area contributed by atoms with Crippen molar-refractivity contribution >= 4 is 5.91 Å². The van der Waals surface area contributed by atoms with Crippen LogP contribution in [0.15, 0.2) is 18.3 Å². The molecule has 0 radical (unpaired) electrons. The molecule has 7 heteroatoms. The van der Waals surface area contributed by atoms with Gasteiger partial charge in [-0.1, -0.05) is 25.7 Å². The first-order valence-electron chi connectivity index (χ1n) is 9.01. The fraction of sp³-hybridized carbons (Fsp3) is 0.556. The highest BCUT2D eigenvalue weighted by Gasteiger charge is 2.20. The topological polar surface area (TPSA) is 81.9 Å². The second-order valence-electron chi connectivity index (χ2n) is 6.38. The Morgan fingerprint density at radius 3 is 2.64 bits per heavy atom. The third kappa shape index (κ3) is 4.15. The molecule has 7 nitrogen and oxygen atoms in total. The van der Waals surface area contributed by atoms with Crippen molar-refractivity contribution < 1.29 is 9.53 Å². The van der Waals surface area contributed by atoms with Crippen molar-refractivity contribution in [1.82, 2.24) is 25.3 Å². The fourth-order valence-corrected chi connectivity index (χ4v) is 3.20. The van der Waals surface area contributed by atoms with Gasteiger partial charge in [0.15, 0.2) is 5.82 Å². The van der Waals surface area contributed by atoms with Crippen molar-refractivity contribution in [3.63, 3.8) is 0 Å². The summed E-state index contributed by atoms with van der Waals surface area (Å²) in [5, 5.41) is 15.6. The minimum absolute atomic E-state index is 0.0606. The first kappa shape index (κ1) is 17.4. The molecular formula is C18H25N5O2. The zero-order valence-electron chi connectivity index (χ0n) is 14.9. The van der Waals surface area contributed by atoms with Crippen LogP contribution < -0.4 is 10.1 Å². The predicted octanol–water partition coefficient (Wildman–Crippen LogP) is 2.82. The van der Waals surface area contributed by atoms with E-state index in [1.807, 2.05) is 13.8 Å². The maximum absolute atomic E-state index is 12.6. The number of amides is 1. The molecule has 0 aromatic carbocycles. The average molecular weight is 343 g/mol. The zero-order chi connectivity index (χ0) is 17.6. The Labute approximate surface area is 147 Å². The summed E-state index contributed by atoms with van der Waals surface area (Å²) in [4.78, 5) is 12.6. The number of hydrogen-bond acceptors (Lipinski definition) is 5. The van der Waals surface area contributed by atoms with Crippen LogP contribution in [0.5, 0.6) is 5.88 Å². The van der Waals surface area contributed by atoms with Gasteiger partial charge in [-0.05, 0) is 32.8 Å². The van der Waals surface area contributed by atoms with Crippen LogP contribution in [0.2, 0.25) is 0 Å². The molecule has 2 aromatic rings. The van der Waals surface area contributed by atoms with Gasteiger partial charge in [-0.2, -0.15) is 5.10 Å². The van der Waals surface area contributed by atoms with E-state index >= 15 is 0 Å². The molecule has 134 valence electrons. The van der Waals surface area contributed by atoms with Gasteiger partial charge in [-0.3, -0.25) is 4.79 Å². The van der Waals surface area contributed by atoms with E-state index < -0.39 is 0 Å². The third-order valence-corrected chi connectivity index (χ3v) is 4.58. The minimum atomic E-state index is -0.0606. The number of rotatable bonds is 5. The van der Waals surface area contributed by atoms with Gasteiger partial charge in [0.05, 0.1) is 24.1 Å². The second-order valence-corrected chi connectivity index (χ2v) is 6.38. The van der Waals surface area contributed by atoms with Gasteiger partial charge in [0.1, 0.15) is 0 Å². The quantitative estimate of drug-likeness (QED) is 0.844. The SMILES string of the molecule is CCOc1ccc(-n2ncc(C(=O)NC3CCCCCC3)c2C)nn1. The Morgan fingerprint density at radius 2 is 2.00 bits per heavy atom. The monoisotopic (exact) mass is 343 g/mol. The van der Waals surface area contributed by atoms with Gasteiger partial charge in [0.2, 0.25) is 5.88 Å². The Kier molecular flexibility index (Phi) is 5.63. The zero-order valence-corrected chi connectivity index (χ0v) is 14.9. The molecule has 1 N–H and O–H groups in total. The summed E-state index contributed by atoms with van der Waals surface area (Å²) in [7, 11) is 0. The number of carbonyl (C=O) groups is 1. The predicted molar refractivity (Wildman–Crippen MR) is 94.0 cm³/mol. The summed E-state index contributed by atoms with van der Waals surface area (Å²) in [5.74, 6) is 0.978. The van der Waals surface area contributed by atoms with Crippen molar-refractivity contribution in [2.24, 2.45) is 0 Å². The normalized spacial score (nSPS) is 15.6. The molecule has 0 bridgehead atoms. The summed E-state index contributed by atoms with van der Waals surface area (Å²) in [6.45, 7) is 4.31. The van der Waals surface area contributed by atoms with Crippen LogP contribution in [0.4, 0.5) is 0 Å². The molecule has 0 spiro atoms. The highest BCUT2D eigenvalue weighted by Crippen LogP contribution is 2.19. The Morgan fingerprint density at radius 1 is 1.24 bits per heavy atom. The molecule has 1 fully saturated rings. The molecule has 1 aliphatic rings. The molecule has 0 aliphatic heterocycles. The Balaban J connectivity index is 1.72. The van der Waals surface area contributed by atoms with Gasteiger partial charge >= 0.3 is 0 Å². The molecule has 0 saturated heterocycles. The van der Waals surface area contributed by atoms with Crippen LogP contribution >= 0.6 is 0 Å². The summed E-state index contributed by atoms with van der Waals surface area (Å²) in [6.07, 6.45) is 8.61. The highest BCUT2D eigenvalue weighted by molar-refractivity contribution is 5.95. The van der Waals surface area contributed by atoms with Crippen LogP contribution in [0.25, 0.3) is 5.82 Å². The lowest BCUT2D eigenvalue weighted by molar-refractivity contribution is 0.0932. The second kappa shape index (κ2) is 8.09. The first-order chi connectivity index (χ1) is 12.2. The highest BCUT2D eigenvalue weighted by atomic mass is 16.5.